The van der Waals surface area contributed by atoms with Crippen molar-refractivity contribution in [3.05, 3.63) is 84.6 Å². The summed E-state index contributed by atoms with van der Waals surface area (Å²) in [7, 11) is -2.15. The zero-order chi connectivity index (χ0) is 21.1. The third kappa shape index (κ3) is 4.21. The molecule has 0 aliphatic carbocycles. The van der Waals surface area contributed by atoms with E-state index in [1.54, 1.807) is 80.0 Å². The minimum atomic E-state index is -3.74. The average Bonchev–Trinajstić information content (AvgIpc) is 2.74. The Labute approximate surface area is 175 Å². The van der Waals surface area contributed by atoms with Gasteiger partial charge < -0.3 is 9.47 Å². The largest absolute Gasteiger partial charge is 0.497 e. The Bertz CT molecular complexity index is 1290. The Morgan fingerprint density at radius 3 is 2.30 bits per heavy atom. The number of anilines is 1. The number of sulfonamides is 1. The topological polar surface area (TPSA) is 77.5 Å². The number of ether oxygens (including phenoxy) is 2. The molecule has 152 valence electrons. The van der Waals surface area contributed by atoms with Gasteiger partial charge in [0.1, 0.15) is 17.0 Å². The molecule has 0 saturated carbocycles. The Kier molecular flexibility index (Phi) is 5.29. The molecule has 6 nitrogen and oxygen atoms in total. The van der Waals surface area contributed by atoms with Gasteiger partial charge in [-0.1, -0.05) is 23.8 Å². The molecule has 0 amide bonds. The van der Waals surface area contributed by atoms with Crippen LogP contribution >= 0.6 is 0 Å². The number of aromatic nitrogens is 1. The van der Waals surface area contributed by atoms with Crippen molar-refractivity contribution in [3.63, 3.8) is 0 Å². The van der Waals surface area contributed by atoms with Crippen LogP contribution in [-0.2, 0) is 10.0 Å². The van der Waals surface area contributed by atoms with Gasteiger partial charge in [0.15, 0.2) is 5.75 Å². The smallest absolute Gasteiger partial charge is 0.261 e. The molecule has 4 aromatic rings. The van der Waals surface area contributed by atoms with Gasteiger partial charge in [0.05, 0.1) is 17.7 Å². The van der Waals surface area contributed by atoms with E-state index in [4.69, 9.17) is 9.47 Å². The Morgan fingerprint density at radius 1 is 0.900 bits per heavy atom. The van der Waals surface area contributed by atoms with Gasteiger partial charge in [0.25, 0.3) is 10.0 Å². The summed E-state index contributed by atoms with van der Waals surface area (Å²) in [6.07, 6.45) is 1.67. The molecule has 0 bridgehead atoms. The Hall–Kier alpha value is -3.58. The number of methoxy groups -OCH3 is 1. The van der Waals surface area contributed by atoms with Crippen LogP contribution in [0.5, 0.6) is 17.2 Å². The number of aryl methyl sites for hydroxylation is 1. The molecular weight excluding hydrogens is 400 g/mol. The zero-order valence-electron chi connectivity index (χ0n) is 16.5. The molecule has 7 heteroatoms. The molecule has 0 aliphatic rings. The number of fused-ring (bicyclic) bond motifs is 1. The van der Waals surface area contributed by atoms with Gasteiger partial charge in [-0.15, -0.1) is 0 Å². The summed E-state index contributed by atoms with van der Waals surface area (Å²) in [5.74, 6) is 1.74. The minimum Gasteiger partial charge on any atom is -0.497 e. The van der Waals surface area contributed by atoms with Crippen molar-refractivity contribution in [1.82, 2.24) is 4.98 Å². The number of nitrogens with one attached hydrogen (secondary N) is 1. The van der Waals surface area contributed by atoms with Crippen LogP contribution < -0.4 is 14.2 Å². The van der Waals surface area contributed by atoms with Crippen LogP contribution in [0.25, 0.3) is 10.9 Å². The monoisotopic (exact) mass is 420 g/mol. The van der Waals surface area contributed by atoms with E-state index in [0.717, 1.165) is 10.9 Å². The number of nitrogens with zero attached hydrogens (tertiary/aromatic N) is 1. The summed E-state index contributed by atoms with van der Waals surface area (Å²) >= 11 is 0. The number of benzene rings is 3. The molecular formula is C23H20N2O4S. The molecule has 0 radical (unpaired) electrons. The molecule has 4 rings (SSSR count). The highest BCUT2D eigenvalue weighted by Gasteiger charge is 2.16. The van der Waals surface area contributed by atoms with Crippen LogP contribution in [-0.4, -0.2) is 20.5 Å². The van der Waals surface area contributed by atoms with E-state index >= 15 is 0 Å². The van der Waals surface area contributed by atoms with Crippen LogP contribution in [0.15, 0.2) is 83.9 Å². The van der Waals surface area contributed by atoms with Crippen molar-refractivity contribution in [2.75, 3.05) is 11.8 Å². The van der Waals surface area contributed by atoms with Crippen molar-refractivity contribution >= 4 is 26.6 Å². The summed E-state index contributed by atoms with van der Waals surface area (Å²) in [5.41, 5.74) is 2.01. The van der Waals surface area contributed by atoms with E-state index in [2.05, 4.69) is 9.71 Å². The lowest BCUT2D eigenvalue weighted by atomic mass is 10.2. The highest BCUT2D eigenvalue weighted by Crippen LogP contribution is 2.33. The second kappa shape index (κ2) is 8.04. The number of hydrogen-bond acceptors (Lipinski definition) is 5. The highest BCUT2D eigenvalue weighted by atomic mass is 32.2. The quantitative estimate of drug-likeness (QED) is 0.467. The molecule has 1 N–H and O–H groups in total. The van der Waals surface area contributed by atoms with Crippen LogP contribution in [0.4, 0.5) is 5.69 Å². The predicted molar refractivity (Wildman–Crippen MR) is 117 cm³/mol. The lowest BCUT2D eigenvalue weighted by Gasteiger charge is -2.13. The minimum absolute atomic E-state index is 0.192. The number of hydrogen-bond donors (Lipinski definition) is 1. The molecule has 0 spiro atoms. The van der Waals surface area contributed by atoms with Gasteiger partial charge in [-0.05, 0) is 55.5 Å². The SMILES string of the molecule is COc1ccc(Oc2cc(NS(=O)(=O)c3ccc(C)cc3)cc3cccnc23)cc1. The van der Waals surface area contributed by atoms with Crippen LogP contribution in [0, 0.1) is 6.92 Å². The van der Waals surface area contributed by atoms with Crippen LogP contribution in [0.2, 0.25) is 0 Å². The second-order valence-corrected chi connectivity index (χ2v) is 8.43. The van der Waals surface area contributed by atoms with Gasteiger partial charge >= 0.3 is 0 Å². The van der Waals surface area contributed by atoms with E-state index in [1.807, 2.05) is 13.0 Å². The first-order valence-electron chi connectivity index (χ1n) is 9.25. The lowest BCUT2D eigenvalue weighted by Crippen LogP contribution is -2.13. The predicted octanol–water partition coefficient (Wildman–Crippen LogP) is 5.14. The maximum atomic E-state index is 12.8. The van der Waals surface area contributed by atoms with Gasteiger partial charge in [0.2, 0.25) is 0 Å². The molecule has 30 heavy (non-hydrogen) atoms. The van der Waals surface area contributed by atoms with Crippen molar-refractivity contribution in [1.29, 1.82) is 0 Å². The molecule has 0 fully saturated rings. The molecule has 3 aromatic carbocycles. The summed E-state index contributed by atoms with van der Waals surface area (Å²) in [6.45, 7) is 1.91. The number of pyridine rings is 1. The third-order valence-corrected chi connectivity index (χ3v) is 5.94. The van der Waals surface area contributed by atoms with E-state index < -0.39 is 10.0 Å². The van der Waals surface area contributed by atoms with Crippen LogP contribution in [0.1, 0.15) is 5.56 Å². The van der Waals surface area contributed by atoms with Gasteiger partial charge in [0, 0.05) is 17.6 Å². The fraction of sp³-hybridized carbons (Fsp3) is 0.0870. The maximum absolute atomic E-state index is 12.8. The zero-order valence-corrected chi connectivity index (χ0v) is 17.3. The first-order chi connectivity index (χ1) is 14.4. The number of rotatable bonds is 6. The lowest BCUT2D eigenvalue weighted by molar-refractivity contribution is 0.413. The molecule has 0 atom stereocenters. The Morgan fingerprint density at radius 2 is 1.60 bits per heavy atom. The van der Waals surface area contributed by atoms with Crippen molar-refractivity contribution in [2.24, 2.45) is 0 Å². The summed E-state index contributed by atoms with van der Waals surface area (Å²) in [5, 5.41) is 0.755. The maximum Gasteiger partial charge on any atom is 0.261 e. The highest BCUT2D eigenvalue weighted by molar-refractivity contribution is 7.92. The van der Waals surface area contributed by atoms with Crippen molar-refractivity contribution < 1.29 is 17.9 Å². The van der Waals surface area contributed by atoms with Gasteiger partial charge in [-0.2, -0.15) is 0 Å². The van der Waals surface area contributed by atoms with Gasteiger partial charge in [-0.3, -0.25) is 9.71 Å². The normalized spacial score (nSPS) is 11.3. The van der Waals surface area contributed by atoms with Gasteiger partial charge in [-0.25, -0.2) is 8.42 Å². The summed E-state index contributed by atoms with van der Waals surface area (Å²) in [6, 6.07) is 20.8. The fourth-order valence-corrected chi connectivity index (χ4v) is 4.04. The van der Waals surface area contributed by atoms with Crippen LogP contribution in [0.3, 0.4) is 0 Å². The van der Waals surface area contributed by atoms with E-state index in [-0.39, 0.29) is 4.90 Å². The third-order valence-electron chi connectivity index (χ3n) is 4.54. The average molecular weight is 420 g/mol. The second-order valence-electron chi connectivity index (χ2n) is 6.75. The molecule has 1 aromatic heterocycles. The van der Waals surface area contributed by atoms with Crippen molar-refractivity contribution in [3.8, 4) is 17.2 Å². The van der Waals surface area contributed by atoms with Crippen molar-refractivity contribution in [2.45, 2.75) is 11.8 Å². The fourth-order valence-electron chi connectivity index (χ4n) is 3.00. The first-order valence-corrected chi connectivity index (χ1v) is 10.7. The Balaban J connectivity index is 1.71. The first kappa shape index (κ1) is 19.7. The molecule has 0 aliphatic heterocycles. The molecule has 0 unspecified atom stereocenters. The summed E-state index contributed by atoms with van der Waals surface area (Å²) in [4.78, 5) is 4.58. The summed E-state index contributed by atoms with van der Waals surface area (Å²) < 4.78 is 39.4. The van der Waals surface area contributed by atoms with E-state index in [0.29, 0.717) is 28.5 Å². The van der Waals surface area contributed by atoms with E-state index in [9.17, 15) is 8.42 Å². The van der Waals surface area contributed by atoms with E-state index in [1.165, 1.54) is 0 Å². The standard InChI is InChI=1S/C23H20N2O4S/c1-16-5-11-21(12-6-16)30(26,27)25-18-14-17-4-3-13-24-23(17)22(15-18)29-20-9-7-19(28-2)8-10-20/h3-15,25H,1-2H3. The molecule has 1 heterocycles. The molecule has 0 saturated heterocycles.